The molecule has 1 aromatic carbocycles. The van der Waals surface area contributed by atoms with Crippen LogP contribution in [0.5, 0.6) is 5.75 Å². The zero-order chi connectivity index (χ0) is 24.9. The zero-order valence-corrected chi connectivity index (χ0v) is 21.5. The SMILES string of the molecule is COC(=O)c1c(NC(=O)C(C)Sc2c(=O)o[nH][n+]2-c2ccc(OC)cc2)sc2c1CCCCCC2. The number of nitrogens with one attached hydrogen (secondary N) is 2. The van der Waals surface area contributed by atoms with Gasteiger partial charge in [0.25, 0.3) is 0 Å². The van der Waals surface area contributed by atoms with Gasteiger partial charge in [0, 0.05) is 17.0 Å². The van der Waals surface area contributed by atoms with Gasteiger partial charge < -0.3 is 14.8 Å². The number of methoxy groups -OCH3 is 2. The van der Waals surface area contributed by atoms with E-state index < -0.39 is 16.8 Å². The lowest BCUT2D eigenvalue weighted by atomic mass is 9.96. The molecule has 2 heterocycles. The van der Waals surface area contributed by atoms with E-state index in [1.54, 1.807) is 38.3 Å². The Hall–Kier alpha value is -3.05. The second-order valence-corrected chi connectivity index (χ2v) is 10.6. The predicted molar refractivity (Wildman–Crippen MR) is 133 cm³/mol. The number of aromatic amines is 1. The van der Waals surface area contributed by atoms with Crippen LogP contribution in [0.1, 0.15) is 53.4 Å². The smallest absolute Gasteiger partial charge is 0.442 e. The van der Waals surface area contributed by atoms with Crippen LogP contribution in [0.25, 0.3) is 5.69 Å². The van der Waals surface area contributed by atoms with Gasteiger partial charge in [-0.15, -0.1) is 11.3 Å². The highest BCUT2D eigenvalue weighted by Crippen LogP contribution is 2.38. The monoisotopic (exact) mass is 518 g/mol. The first-order valence-electron chi connectivity index (χ1n) is 11.4. The molecule has 35 heavy (non-hydrogen) atoms. The van der Waals surface area contributed by atoms with Crippen LogP contribution in [0.4, 0.5) is 5.00 Å². The number of nitrogens with zero attached hydrogens (tertiary/aromatic N) is 1. The summed E-state index contributed by atoms with van der Waals surface area (Å²) in [6.07, 6.45) is 6.02. The topological polar surface area (TPSA) is 115 Å². The standard InChI is InChI=1S/C24H27N3O6S2/c1-14(34-22-24(30)33-26-27(22)15-10-12-16(31-2)13-11-15)20(28)25-21-19(23(29)32-3)17-8-6-4-5-7-9-18(17)35-21/h10-14H,4-9H2,1-3H3,(H-,25,26,28,29,30)/p+1. The van der Waals surface area contributed by atoms with Gasteiger partial charge in [0.1, 0.15) is 10.8 Å². The van der Waals surface area contributed by atoms with E-state index in [0.717, 1.165) is 60.7 Å². The Bertz CT molecular complexity index is 1260. The third-order valence-electron chi connectivity index (χ3n) is 5.89. The Morgan fingerprint density at radius 2 is 1.86 bits per heavy atom. The van der Waals surface area contributed by atoms with E-state index >= 15 is 0 Å². The summed E-state index contributed by atoms with van der Waals surface area (Å²) >= 11 is 2.51. The number of anilines is 1. The Balaban J connectivity index is 1.56. The number of fused-ring (bicyclic) bond motifs is 1. The molecule has 4 rings (SSSR count). The summed E-state index contributed by atoms with van der Waals surface area (Å²) in [6, 6.07) is 7.05. The molecule has 0 aliphatic heterocycles. The first kappa shape index (κ1) is 25.1. The fourth-order valence-electron chi connectivity index (χ4n) is 4.03. The summed E-state index contributed by atoms with van der Waals surface area (Å²) in [7, 11) is 2.92. The summed E-state index contributed by atoms with van der Waals surface area (Å²) in [5, 5.41) is 5.58. The number of carbonyl (C=O) groups excluding carboxylic acids is 2. The molecule has 1 atom stereocenters. The fourth-order valence-corrected chi connectivity index (χ4v) is 6.19. The van der Waals surface area contributed by atoms with Crippen molar-refractivity contribution >= 4 is 40.0 Å². The molecule has 1 amide bonds. The summed E-state index contributed by atoms with van der Waals surface area (Å²) in [5.74, 6) is -0.0906. The Kier molecular flexibility index (Phi) is 7.97. The highest BCUT2D eigenvalue weighted by molar-refractivity contribution is 8.00. The Morgan fingerprint density at radius 1 is 1.14 bits per heavy atom. The maximum atomic E-state index is 13.1. The highest BCUT2D eigenvalue weighted by Gasteiger charge is 2.31. The van der Waals surface area contributed by atoms with Crippen LogP contribution in [0, 0.1) is 0 Å². The van der Waals surface area contributed by atoms with Gasteiger partial charge in [0.15, 0.2) is 0 Å². The Morgan fingerprint density at radius 3 is 2.54 bits per heavy atom. The molecule has 1 unspecified atom stereocenters. The maximum Gasteiger partial charge on any atom is 0.442 e. The van der Waals surface area contributed by atoms with E-state index in [1.165, 1.54) is 23.1 Å². The molecule has 1 aliphatic carbocycles. The first-order chi connectivity index (χ1) is 16.9. The van der Waals surface area contributed by atoms with Gasteiger partial charge in [-0.25, -0.2) is 9.59 Å². The number of hydrogen-bond donors (Lipinski definition) is 2. The van der Waals surface area contributed by atoms with Crippen molar-refractivity contribution in [3.05, 3.63) is 50.7 Å². The zero-order valence-electron chi connectivity index (χ0n) is 19.8. The quantitative estimate of drug-likeness (QED) is 0.277. The number of thioether (sulfide) groups is 1. The minimum Gasteiger partial charge on any atom is -0.497 e. The van der Waals surface area contributed by atoms with E-state index in [-0.39, 0.29) is 10.9 Å². The van der Waals surface area contributed by atoms with Crippen LogP contribution in [0.3, 0.4) is 0 Å². The summed E-state index contributed by atoms with van der Waals surface area (Å²) in [4.78, 5) is 39.3. The minimum atomic E-state index is -0.645. The van der Waals surface area contributed by atoms with Gasteiger partial charge >= 0.3 is 16.6 Å². The average Bonchev–Trinajstić information content (AvgIpc) is 3.37. The van der Waals surface area contributed by atoms with Gasteiger partial charge in [0.2, 0.25) is 11.6 Å². The lowest BCUT2D eigenvalue weighted by Crippen LogP contribution is -2.37. The normalized spacial score (nSPS) is 14.4. The van der Waals surface area contributed by atoms with Crippen molar-refractivity contribution in [3.8, 4) is 11.4 Å². The molecular formula is C24H28N3O6S2+. The lowest BCUT2D eigenvalue weighted by Gasteiger charge is -2.11. The van der Waals surface area contributed by atoms with E-state index in [0.29, 0.717) is 22.0 Å². The van der Waals surface area contributed by atoms with Gasteiger partial charge in [-0.3, -0.25) is 9.32 Å². The second-order valence-electron chi connectivity index (χ2n) is 8.18. The molecule has 2 N–H and O–H groups in total. The van der Waals surface area contributed by atoms with Gasteiger partial charge in [-0.2, -0.15) is 0 Å². The largest absolute Gasteiger partial charge is 0.497 e. The molecule has 0 fully saturated rings. The van der Waals surface area contributed by atoms with E-state index in [1.807, 2.05) is 0 Å². The first-order valence-corrected chi connectivity index (χ1v) is 13.1. The number of ether oxygens (including phenoxy) is 2. The predicted octanol–water partition coefficient (Wildman–Crippen LogP) is 3.88. The van der Waals surface area contributed by atoms with Gasteiger partial charge in [-0.05, 0) is 72.0 Å². The number of aryl methyl sites for hydroxylation is 1. The van der Waals surface area contributed by atoms with Crippen LogP contribution in [-0.4, -0.2) is 36.6 Å². The summed E-state index contributed by atoms with van der Waals surface area (Å²) in [5.41, 5.74) is 1.51. The molecule has 0 saturated heterocycles. The third-order valence-corrected chi connectivity index (χ3v) is 8.24. The number of benzene rings is 1. The third kappa shape index (κ3) is 5.46. The number of H-pyrrole nitrogens is 1. The number of amides is 1. The van der Waals surface area contributed by atoms with Crippen LogP contribution in [0.2, 0.25) is 0 Å². The molecule has 186 valence electrons. The average molecular weight is 519 g/mol. The molecule has 0 saturated carbocycles. The maximum absolute atomic E-state index is 13.1. The van der Waals surface area contributed by atoms with Crippen molar-refractivity contribution in [1.29, 1.82) is 0 Å². The number of hydrogen-bond acceptors (Lipinski definition) is 8. The molecule has 11 heteroatoms. The minimum absolute atomic E-state index is 0.226. The highest BCUT2D eigenvalue weighted by atomic mass is 32.2. The van der Waals surface area contributed by atoms with Crippen molar-refractivity contribution in [1.82, 2.24) is 5.27 Å². The molecule has 0 bridgehead atoms. The number of carbonyl (C=O) groups is 2. The van der Waals surface area contributed by atoms with Crippen LogP contribution >= 0.6 is 23.1 Å². The van der Waals surface area contributed by atoms with Crippen LogP contribution in [-0.2, 0) is 22.4 Å². The van der Waals surface area contributed by atoms with Gasteiger partial charge in [0.05, 0.1) is 25.0 Å². The molecule has 0 spiro atoms. The van der Waals surface area contributed by atoms with E-state index in [4.69, 9.17) is 14.0 Å². The molecule has 3 aromatic rings. The Labute approximate surface area is 210 Å². The number of esters is 1. The molecule has 0 radical (unpaired) electrons. The van der Waals surface area contributed by atoms with E-state index in [2.05, 4.69) is 10.6 Å². The second kappa shape index (κ2) is 11.1. The number of thiophene rings is 1. The van der Waals surface area contributed by atoms with Crippen molar-refractivity contribution in [3.63, 3.8) is 0 Å². The number of rotatable bonds is 7. The molecule has 2 aromatic heterocycles. The molecule has 1 aliphatic rings. The lowest BCUT2D eigenvalue weighted by molar-refractivity contribution is -0.704. The van der Waals surface area contributed by atoms with Gasteiger partial charge in [-0.1, -0.05) is 12.8 Å². The van der Waals surface area contributed by atoms with Crippen molar-refractivity contribution in [2.45, 2.75) is 55.7 Å². The number of aromatic nitrogens is 2. The van der Waals surface area contributed by atoms with Crippen molar-refractivity contribution in [2.24, 2.45) is 0 Å². The van der Waals surface area contributed by atoms with Crippen LogP contribution in [0.15, 0.2) is 38.6 Å². The van der Waals surface area contributed by atoms with Crippen molar-refractivity contribution < 1.29 is 28.3 Å². The van der Waals surface area contributed by atoms with Crippen LogP contribution < -0.4 is 20.4 Å². The molecule has 9 nitrogen and oxygen atoms in total. The summed E-state index contributed by atoms with van der Waals surface area (Å²) < 4.78 is 16.7. The van der Waals surface area contributed by atoms with Crippen molar-refractivity contribution in [2.75, 3.05) is 19.5 Å². The fraction of sp³-hybridized carbons (Fsp3) is 0.417. The van der Waals surface area contributed by atoms with E-state index in [9.17, 15) is 14.4 Å². The molecular weight excluding hydrogens is 490 g/mol. The summed E-state index contributed by atoms with van der Waals surface area (Å²) in [6.45, 7) is 1.70.